The SMILES string of the molecule is O=S1(=O)C=C(CN2CCOCC2)c2c(F)cccc21. The van der Waals surface area contributed by atoms with E-state index in [1.54, 1.807) is 0 Å². The molecule has 2 heterocycles. The van der Waals surface area contributed by atoms with Crippen molar-refractivity contribution in [3.8, 4) is 0 Å². The van der Waals surface area contributed by atoms with Crippen molar-refractivity contribution in [1.82, 2.24) is 4.90 Å². The van der Waals surface area contributed by atoms with Crippen LogP contribution in [0.15, 0.2) is 28.5 Å². The third kappa shape index (κ3) is 2.31. The molecule has 1 aromatic rings. The average molecular weight is 283 g/mol. The number of hydrogen-bond acceptors (Lipinski definition) is 4. The molecule has 6 heteroatoms. The zero-order chi connectivity index (χ0) is 13.5. The highest BCUT2D eigenvalue weighted by molar-refractivity contribution is 7.95. The van der Waals surface area contributed by atoms with Crippen molar-refractivity contribution in [2.45, 2.75) is 4.90 Å². The van der Waals surface area contributed by atoms with Gasteiger partial charge < -0.3 is 4.74 Å². The van der Waals surface area contributed by atoms with Crippen molar-refractivity contribution in [2.24, 2.45) is 0 Å². The van der Waals surface area contributed by atoms with Crippen molar-refractivity contribution in [1.29, 1.82) is 0 Å². The Hall–Kier alpha value is -1.24. The van der Waals surface area contributed by atoms with Gasteiger partial charge in [0.2, 0.25) is 9.84 Å². The molecule has 0 bridgehead atoms. The first-order chi connectivity index (χ1) is 9.08. The van der Waals surface area contributed by atoms with Gasteiger partial charge in [0.15, 0.2) is 0 Å². The smallest absolute Gasteiger partial charge is 0.200 e. The summed E-state index contributed by atoms with van der Waals surface area (Å²) in [6.45, 7) is 3.17. The molecule has 0 spiro atoms. The first-order valence-corrected chi connectivity index (χ1v) is 7.67. The summed E-state index contributed by atoms with van der Waals surface area (Å²) >= 11 is 0. The van der Waals surface area contributed by atoms with Gasteiger partial charge >= 0.3 is 0 Å². The van der Waals surface area contributed by atoms with Crippen LogP contribution in [0.25, 0.3) is 5.57 Å². The van der Waals surface area contributed by atoms with Gasteiger partial charge in [0.1, 0.15) is 5.82 Å². The maximum atomic E-state index is 13.9. The average Bonchev–Trinajstić information content (AvgIpc) is 2.63. The molecule has 102 valence electrons. The standard InChI is InChI=1S/C13H14FNO3S/c14-11-2-1-3-12-13(11)10(9-19(12,16)17)8-15-4-6-18-7-5-15/h1-3,9H,4-8H2. The second-order valence-corrected chi connectivity index (χ2v) is 6.46. The van der Waals surface area contributed by atoms with E-state index in [4.69, 9.17) is 4.74 Å². The number of morpholine rings is 1. The minimum Gasteiger partial charge on any atom is -0.379 e. The lowest BCUT2D eigenvalue weighted by molar-refractivity contribution is 0.0444. The predicted molar refractivity (Wildman–Crippen MR) is 68.8 cm³/mol. The number of nitrogens with zero attached hydrogens (tertiary/aromatic N) is 1. The Bertz CT molecular complexity index is 633. The fourth-order valence-corrected chi connectivity index (χ4v) is 3.95. The topological polar surface area (TPSA) is 46.6 Å². The van der Waals surface area contributed by atoms with E-state index in [1.807, 2.05) is 0 Å². The van der Waals surface area contributed by atoms with Crippen LogP contribution in [0.1, 0.15) is 5.56 Å². The van der Waals surface area contributed by atoms with E-state index in [0.29, 0.717) is 25.3 Å². The van der Waals surface area contributed by atoms with E-state index in [0.717, 1.165) is 13.1 Å². The summed E-state index contributed by atoms with van der Waals surface area (Å²) < 4.78 is 43.1. The highest BCUT2D eigenvalue weighted by Crippen LogP contribution is 2.35. The van der Waals surface area contributed by atoms with E-state index < -0.39 is 15.7 Å². The molecule has 0 unspecified atom stereocenters. The van der Waals surface area contributed by atoms with Crippen LogP contribution >= 0.6 is 0 Å². The molecule has 0 amide bonds. The first kappa shape index (κ1) is 12.8. The van der Waals surface area contributed by atoms with Crippen LogP contribution in [0.3, 0.4) is 0 Å². The molecule has 19 heavy (non-hydrogen) atoms. The molecule has 0 atom stereocenters. The minimum atomic E-state index is -3.49. The summed E-state index contributed by atoms with van der Waals surface area (Å²) in [6, 6.07) is 4.18. The molecular weight excluding hydrogens is 269 g/mol. The number of fused-ring (bicyclic) bond motifs is 1. The van der Waals surface area contributed by atoms with Crippen LogP contribution in [-0.2, 0) is 14.6 Å². The predicted octanol–water partition coefficient (Wildman–Crippen LogP) is 1.29. The Morgan fingerprint density at radius 2 is 2.00 bits per heavy atom. The largest absolute Gasteiger partial charge is 0.379 e. The van der Waals surface area contributed by atoms with Crippen molar-refractivity contribution in [3.63, 3.8) is 0 Å². The third-order valence-electron chi connectivity index (χ3n) is 3.40. The van der Waals surface area contributed by atoms with Crippen molar-refractivity contribution in [3.05, 3.63) is 35.0 Å². The molecular formula is C13H14FNO3S. The molecule has 0 aliphatic carbocycles. The van der Waals surface area contributed by atoms with Crippen molar-refractivity contribution < 1.29 is 17.5 Å². The fourth-order valence-electron chi connectivity index (χ4n) is 2.48. The molecule has 0 saturated carbocycles. The molecule has 4 nitrogen and oxygen atoms in total. The molecule has 2 aliphatic heterocycles. The Balaban J connectivity index is 1.95. The van der Waals surface area contributed by atoms with E-state index >= 15 is 0 Å². The van der Waals surface area contributed by atoms with Gasteiger partial charge in [0.25, 0.3) is 0 Å². The summed E-state index contributed by atoms with van der Waals surface area (Å²) in [5.41, 5.74) is 0.768. The Morgan fingerprint density at radius 1 is 1.26 bits per heavy atom. The summed E-state index contributed by atoms with van der Waals surface area (Å²) in [7, 11) is -3.49. The maximum Gasteiger partial charge on any atom is 0.200 e. The van der Waals surface area contributed by atoms with Crippen LogP contribution in [0.2, 0.25) is 0 Å². The normalized spacial score (nSPS) is 22.1. The van der Waals surface area contributed by atoms with Crippen LogP contribution in [-0.4, -0.2) is 46.2 Å². The summed E-state index contributed by atoms with van der Waals surface area (Å²) in [5, 5.41) is 1.19. The fraction of sp³-hybridized carbons (Fsp3) is 0.385. The van der Waals surface area contributed by atoms with E-state index in [9.17, 15) is 12.8 Å². The second kappa shape index (κ2) is 4.70. The summed E-state index contributed by atoms with van der Waals surface area (Å²) in [6.07, 6.45) is 0. The van der Waals surface area contributed by atoms with E-state index in [2.05, 4.69) is 4.90 Å². The summed E-state index contributed by atoms with van der Waals surface area (Å²) in [4.78, 5) is 2.16. The lowest BCUT2D eigenvalue weighted by Crippen LogP contribution is -2.37. The number of halogens is 1. The highest BCUT2D eigenvalue weighted by Gasteiger charge is 2.30. The van der Waals surface area contributed by atoms with Gasteiger partial charge in [-0.25, -0.2) is 12.8 Å². The van der Waals surface area contributed by atoms with E-state index in [1.165, 1.54) is 23.6 Å². The van der Waals surface area contributed by atoms with Crippen LogP contribution in [0.4, 0.5) is 4.39 Å². The zero-order valence-corrected chi connectivity index (χ0v) is 11.1. The Kier molecular flexibility index (Phi) is 3.16. The maximum absolute atomic E-state index is 13.9. The zero-order valence-electron chi connectivity index (χ0n) is 10.3. The monoisotopic (exact) mass is 283 g/mol. The van der Waals surface area contributed by atoms with Gasteiger partial charge in [0, 0.05) is 30.6 Å². The molecule has 3 rings (SSSR count). The molecule has 2 aliphatic rings. The molecule has 0 radical (unpaired) electrons. The lowest BCUT2D eigenvalue weighted by Gasteiger charge is -2.27. The lowest BCUT2D eigenvalue weighted by atomic mass is 10.1. The third-order valence-corrected chi connectivity index (χ3v) is 4.95. The number of ether oxygens (including phenoxy) is 1. The molecule has 0 aromatic heterocycles. The molecule has 1 aromatic carbocycles. The second-order valence-electron chi connectivity index (χ2n) is 4.69. The number of sulfone groups is 1. The van der Waals surface area contributed by atoms with Gasteiger partial charge in [-0.1, -0.05) is 6.07 Å². The Morgan fingerprint density at radius 3 is 2.74 bits per heavy atom. The first-order valence-electron chi connectivity index (χ1n) is 6.12. The van der Waals surface area contributed by atoms with E-state index in [-0.39, 0.29) is 10.5 Å². The van der Waals surface area contributed by atoms with Crippen LogP contribution < -0.4 is 0 Å². The van der Waals surface area contributed by atoms with Gasteiger partial charge in [-0.15, -0.1) is 0 Å². The van der Waals surface area contributed by atoms with Crippen LogP contribution in [0.5, 0.6) is 0 Å². The Labute approximate surface area is 111 Å². The number of benzene rings is 1. The van der Waals surface area contributed by atoms with Gasteiger partial charge in [-0.3, -0.25) is 4.90 Å². The van der Waals surface area contributed by atoms with Crippen molar-refractivity contribution >= 4 is 15.4 Å². The minimum absolute atomic E-state index is 0.0794. The quantitative estimate of drug-likeness (QED) is 0.820. The molecule has 0 N–H and O–H groups in total. The molecule has 1 fully saturated rings. The summed E-state index contributed by atoms with van der Waals surface area (Å²) in [5.74, 6) is -0.474. The van der Waals surface area contributed by atoms with Gasteiger partial charge in [-0.05, 0) is 17.7 Å². The van der Waals surface area contributed by atoms with Crippen LogP contribution in [0, 0.1) is 5.82 Å². The van der Waals surface area contributed by atoms with Gasteiger partial charge in [-0.2, -0.15) is 0 Å². The molecule has 1 saturated heterocycles. The highest BCUT2D eigenvalue weighted by atomic mass is 32.2. The van der Waals surface area contributed by atoms with Crippen molar-refractivity contribution in [2.75, 3.05) is 32.8 Å². The number of hydrogen-bond donors (Lipinski definition) is 0. The van der Waals surface area contributed by atoms with Gasteiger partial charge in [0.05, 0.1) is 18.1 Å². The number of rotatable bonds is 2.